The minimum Gasteiger partial charge on any atom is -0.366 e. The van der Waals surface area contributed by atoms with Gasteiger partial charge in [0.1, 0.15) is 5.82 Å². The van der Waals surface area contributed by atoms with Gasteiger partial charge in [-0.3, -0.25) is 9.13 Å². The van der Waals surface area contributed by atoms with Crippen molar-refractivity contribution in [3.05, 3.63) is 17.7 Å². The van der Waals surface area contributed by atoms with Gasteiger partial charge < -0.3 is 29.2 Å². The van der Waals surface area contributed by atoms with E-state index in [2.05, 4.69) is 4.98 Å². The summed E-state index contributed by atoms with van der Waals surface area (Å²) in [4.78, 5) is 40.2. The fourth-order valence-electron chi connectivity index (χ4n) is 1.60. The van der Waals surface area contributed by atoms with E-state index < -0.39 is 26.8 Å². The van der Waals surface area contributed by atoms with E-state index in [0.717, 1.165) is 4.57 Å². The highest BCUT2D eigenvalue weighted by molar-refractivity contribution is 7.72. The lowest BCUT2D eigenvalue weighted by Gasteiger charge is -2.29. The first-order valence-corrected chi connectivity index (χ1v) is 8.51. The van der Waals surface area contributed by atoms with Gasteiger partial charge >= 0.3 is 15.2 Å². The molecule has 0 bridgehead atoms. The molecule has 0 fully saturated rings. The second-order valence-electron chi connectivity index (χ2n) is 4.14. The molecule has 0 aliphatic rings. The average molecular weight is 314 g/mol. The van der Waals surface area contributed by atoms with Crippen molar-refractivity contribution in [1.82, 2.24) is 9.55 Å². The molecule has 1 heterocycles. The van der Waals surface area contributed by atoms with Gasteiger partial charge in [0.25, 0.3) is 5.08 Å². The highest BCUT2D eigenvalue weighted by Crippen LogP contribution is 2.68. The Morgan fingerprint density at radius 2 is 1.74 bits per heavy atom. The van der Waals surface area contributed by atoms with Crippen LogP contribution >= 0.6 is 15.2 Å². The fourth-order valence-corrected chi connectivity index (χ4v) is 3.63. The van der Waals surface area contributed by atoms with E-state index >= 15 is 0 Å². The molecular weight excluding hydrogens is 298 g/mol. The van der Waals surface area contributed by atoms with Crippen LogP contribution in [0.3, 0.4) is 0 Å². The van der Waals surface area contributed by atoms with E-state index in [1.165, 1.54) is 6.20 Å². The Bertz CT molecular complexity index is 535. The Hall–Kier alpha value is -0.530. The van der Waals surface area contributed by atoms with E-state index in [1.807, 2.05) is 0 Å². The lowest BCUT2D eigenvalue weighted by Crippen LogP contribution is -2.34. The van der Waals surface area contributed by atoms with Crippen LogP contribution in [0, 0.1) is 6.92 Å². The van der Waals surface area contributed by atoms with Crippen molar-refractivity contribution in [2.45, 2.75) is 31.9 Å². The Balaban J connectivity index is 3.31. The molecule has 11 heteroatoms. The SMILES string of the molecule is CCc1nc(C)cn1CC(O)(P(=O)(O)O)P(=O)(O)O. The lowest BCUT2D eigenvalue weighted by atomic mass is 10.4. The molecule has 0 saturated heterocycles. The molecule has 110 valence electrons. The van der Waals surface area contributed by atoms with Gasteiger partial charge in [0.15, 0.2) is 0 Å². The summed E-state index contributed by atoms with van der Waals surface area (Å²) in [6.07, 6.45) is 1.74. The van der Waals surface area contributed by atoms with Crippen molar-refractivity contribution >= 4 is 15.2 Å². The van der Waals surface area contributed by atoms with Gasteiger partial charge in [0, 0.05) is 12.6 Å². The van der Waals surface area contributed by atoms with E-state index in [9.17, 15) is 14.2 Å². The molecule has 1 aromatic rings. The number of imidazole rings is 1. The van der Waals surface area contributed by atoms with Crippen molar-refractivity contribution in [2.24, 2.45) is 0 Å². The summed E-state index contributed by atoms with van der Waals surface area (Å²) < 4.78 is 23.6. The van der Waals surface area contributed by atoms with Crippen LogP contribution in [0.25, 0.3) is 0 Å². The minimum atomic E-state index is -5.45. The Labute approximate surface area is 109 Å². The summed E-state index contributed by atoms with van der Waals surface area (Å²) in [6.45, 7) is 2.39. The van der Waals surface area contributed by atoms with E-state index in [-0.39, 0.29) is 0 Å². The maximum absolute atomic E-state index is 11.2. The monoisotopic (exact) mass is 314 g/mol. The van der Waals surface area contributed by atoms with E-state index in [4.69, 9.17) is 19.6 Å². The number of aryl methyl sites for hydroxylation is 2. The molecule has 0 aromatic carbocycles. The molecule has 0 aliphatic carbocycles. The number of aliphatic hydroxyl groups is 1. The topological polar surface area (TPSA) is 153 Å². The zero-order chi connectivity index (χ0) is 15.1. The summed E-state index contributed by atoms with van der Waals surface area (Å²) >= 11 is 0. The second-order valence-corrected chi connectivity index (χ2v) is 8.15. The van der Waals surface area contributed by atoms with Crippen molar-refractivity contribution < 1.29 is 33.8 Å². The van der Waals surface area contributed by atoms with Gasteiger partial charge in [-0.25, -0.2) is 4.98 Å². The molecule has 9 nitrogen and oxygen atoms in total. The minimum absolute atomic E-state index is 0.359. The summed E-state index contributed by atoms with van der Waals surface area (Å²) in [5, 5.41) is 6.33. The molecule has 0 saturated carbocycles. The molecule has 19 heavy (non-hydrogen) atoms. The normalized spacial score (nSPS) is 13.8. The highest BCUT2D eigenvalue weighted by Gasteiger charge is 2.59. The maximum Gasteiger partial charge on any atom is 0.371 e. The van der Waals surface area contributed by atoms with Gasteiger partial charge in [-0.15, -0.1) is 0 Å². The first kappa shape index (κ1) is 16.5. The van der Waals surface area contributed by atoms with E-state index in [1.54, 1.807) is 13.8 Å². The summed E-state index contributed by atoms with van der Waals surface area (Å²) in [5.74, 6) is 0.359. The molecular formula is C8H16N2O7P2. The van der Waals surface area contributed by atoms with Crippen LogP contribution in [-0.4, -0.2) is 39.3 Å². The first-order chi connectivity index (χ1) is 8.42. The lowest BCUT2D eigenvalue weighted by molar-refractivity contribution is 0.114. The third kappa shape index (κ3) is 3.14. The molecule has 1 aromatic heterocycles. The van der Waals surface area contributed by atoms with Crippen LogP contribution in [0.4, 0.5) is 0 Å². The zero-order valence-corrected chi connectivity index (χ0v) is 12.1. The largest absolute Gasteiger partial charge is 0.371 e. The predicted octanol–water partition coefficient (Wildman–Crippen LogP) is -0.245. The van der Waals surface area contributed by atoms with Crippen LogP contribution in [0.2, 0.25) is 0 Å². The molecule has 0 unspecified atom stereocenters. The number of hydrogen-bond acceptors (Lipinski definition) is 4. The van der Waals surface area contributed by atoms with Crippen LogP contribution in [0.5, 0.6) is 0 Å². The molecule has 5 N–H and O–H groups in total. The van der Waals surface area contributed by atoms with Crippen molar-refractivity contribution in [3.8, 4) is 0 Å². The van der Waals surface area contributed by atoms with Crippen LogP contribution in [0.1, 0.15) is 18.4 Å². The predicted molar refractivity (Wildman–Crippen MR) is 65.4 cm³/mol. The molecule has 0 radical (unpaired) electrons. The third-order valence-electron chi connectivity index (χ3n) is 2.61. The summed E-state index contributed by atoms with van der Waals surface area (Å²) in [5.41, 5.74) is 0.510. The molecule has 1 rings (SSSR count). The Kier molecular flexibility index (Phi) is 4.44. The first-order valence-electron chi connectivity index (χ1n) is 5.28. The molecule has 0 spiro atoms. The fraction of sp³-hybridized carbons (Fsp3) is 0.625. The summed E-state index contributed by atoms with van der Waals surface area (Å²) in [7, 11) is -10.9. The number of hydrogen-bond donors (Lipinski definition) is 5. The Morgan fingerprint density at radius 3 is 2.11 bits per heavy atom. The van der Waals surface area contributed by atoms with Gasteiger partial charge in [0.2, 0.25) is 0 Å². The van der Waals surface area contributed by atoms with Gasteiger partial charge in [0.05, 0.1) is 12.2 Å². The molecule has 0 aliphatic heterocycles. The van der Waals surface area contributed by atoms with E-state index in [0.29, 0.717) is 17.9 Å². The van der Waals surface area contributed by atoms with Crippen molar-refractivity contribution in [3.63, 3.8) is 0 Å². The van der Waals surface area contributed by atoms with Gasteiger partial charge in [-0.1, -0.05) is 6.92 Å². The highest BCUT2D eigenvalue weighted by atomic mass is 31.2. The summed E-state index contributed by atoms with van der Waals surface area (Å²) in [6, 6.07) is 0. The number of nitrogens with zero attached hydrogens (tertiary/aromatic N) is 2. The number of rotatable bonds is 5. The van der Waals surface area contributed by atoms with Crippen molar-refractivity contribution in [2.75, 3.05) is 0 Å². The van der Waals surface area contributed by atoms with Crippen molar-refractivity contribution in [1.29, 1.82) is 0 Å². The average Bonchev–Trinajstić information content (AvgIpc) is 2.55. The molecule has 0 atom stereocenters. The van der Waals surface area contributed by atoms with Gasteiger partial charge in [-0.05, 0) is 6.92 Å². The maximum atomic E-state index is 11.2. The van der Waals surface area contributed by atoms with Crippen LogP contribution in [-0.2, 0) is 22.1 Å². The quantitative estimate of drug-likeness (QED) is 0.466. The van der Waals surface area contributed by atoms with Gasteiger partial charge in [-0.2, -0.15) is 0 Å². The second kappa shape index (κ2) is 5.10. The number of aromatic nitrogens is 2. The van der Waals surface area contributed by atoms with Crippen LogP contribution in [0.15, 0.2) is 6.20 Å². The third-order valence-corrected chi connectivity index (χ3v) is 6.32. The smallest absolute Gasteiger partial charge is 0.366 e. The zero-order valence-electron chi connectivity index (χ0n) is 10.3. The Morgan fingerprint density at radius 1 is 1.26 bits per heavy atom. The molecule has 0 amide bonds. The standard InChI is InChI=1S/C8H16N2O7P2/c1-3-7-9-6(2)4-10(7)5-8(11,18(12,13)14)19(15,16)17/h4,11H,3,5H2,1-2H3,(H2,12,13,14)(H2,15,16,17). The van der Waals surface area contributed by atoms with Crippen LogP contribution < -0.4 is 0 Å².